The Hall–Kier alpha value is -1.11. The standard InChI is InChI=1S/C18H26O/c1-7-15-8-16-12(4)10(2)11(3)13(5)17(16)9-18(15)14(6)19/h8-13H,7H2,1-6H3. The van der Waals surface area contributed by atoms with Crippen molar-refractivity contribution in [3.63, 3.8) is 0 Å². The van der Waals surface area contributed by atoms with Crippen molar-refractivity contribution in [3.05, 3.63) is 34.4 Å². The minimum absolute atomic E-state index is 0.200. The Kier molecular flexibility index (Phi) is 3.85. The number of benzene rings is 1. The Bertz CT molecular complexity index is 501. The lowest BCUT2D eigenvalue weighted by molar-refractivity contribution is 0.101. The summed E-state index contributed by atoms with van der Waals surface area (Å²) in [5, 5.41) is 0. The molecule has 2 rings (SSSR count). The summed E-state index contributed by atoms with van der Waals surface area (Å²) in [6.07, 6.45) is 0.938. The van der Waals surface area contributed by atoms with E-state index >= 15 is 0 Å². The molecule has 1 aromatic carbocycles. The first-order chi connectivity index (χ1) is 8.88. The molecule has 0 aliphatic heterocycles. The van der Waals surface area contributed by atoms with Gasteiger partial charge in [0.25, 0.3) is 0 Å². The highest BCUT2D eigenvalue weighted by Gasteiger charge is 2.34. The van der Waals surface area contributed by atoms with E-state index in [0.717, 1.165) is 12.0 Å². The molecule has 0 heterocycles. The van der Waals surface area contributed by atoms with Gasteiger partial charge < -0.3 is 0 Å². The zero-order valence-corrected chi connectivity index (χ0v) is 13.1. The van der Waals surface area contributed by atoms with Gasteiger partial charge in [-0.15, -0.1) is 0 Å². The number of Topliss-reactive ketones (excluding diaryl/α,β-unsaturated/α-hetero) is 1. The molecule has 0 N–H and O–H groups in total. The normalized spacial score (nSPS) is 30.0. The SMILES string of the molecule is CCc1cc2c(cc1C(C)=O)C(C)C(C)C(C)C2C. The minimum atomic E-state index is 0.200. The second-order valence-electron chi connectivity index (χ2n) is 6.34. The van der Waals surface area contributed by atoms with Crippen molar-refractivity contribution in [3.8, 4) is 0 Å². The highest BCUT2D eigenvalue weighted by Crippen LogP contribution is 2.46. The van der Waals surface area contributed by atoms with Crippen LogP contribution < -0.4 is 0 Å². The predicted octanol–water partition coefficient (Wildman–Crippen LogP) is 4.94. The predicted molar refractivity (Wildman–Crippen MR) is 81.0 cm³/mol. The first kappa shape index (κ1) is 14.3. The summed E-state index contributed by atoms with van der Waals surface area (Å²) in [5.74, 6) is 2.72. The molecular formula is C18H26O. The average Bonchev–Trinajstić information content (AvgIpc) is 2.41. The molecule has 0 spiro atoms. The smallest absolute Gasteiger partial charge is 0.160 e. The second-order valence-corrected chi connectivity index (χ2v) is 6.34. The summed E-state index contributed by atoms with van der Waals surface area (Å²) >= 11 is 0. The van der Waals surface area contributed by atoms with E-state index in [2.05, 4.69) is 46.8 Å². The summed E-state index contributed by atoms with van der Waals surface area (Å²) in [6, 6.07) is 4.48. The van der Waals surface area contributed by atoms with Gasteiger partial charge in [0.15, 0.2) is 5.78 Å². The maximum Gasteiger partial charge on any atom is 0.160 e. The van der Waals surface area contributed by atoms with Crippen LogP contribution in [0, 0.1) is 11.8 Å². The lowest BCUT2D eigenvalue weighted by atomic mass is 9.65. The van der Waals surface area contributed by atoms with E-state index in [-0.39, 0.29) is 5.78 Å². The molecule has 19 heavy (non-hydrogen) atoms. The van der Waals surface area contributed by atoms with Crippen molar-refractivity contribution in [2.45, 2.75) is 59.8 Å². The fourth-order valence-electron chi connectivity index (χ4n) is 3.57. The first-order valence-electron chi connectivity index (χ1n) is 7.56. The summed E-state index contributed by atoms with van der Waals surface area (Å²) in [7, 11) is 0. The number of aryl methyl sites for hydroxylation is 1. The van der Waals surface area contributed by atoms with Crippen molar-refractivity contribution >= 4 is 5.78 Å². The highest BCUT2D eigenvalue weighted by molar-refractivity contribution is 5.96. The monoisotopic (exact) mass is 258 g/mol. The van der Waals surface area contributed by atoms with Crippen LogP contribution in [0.25, 0.3) is 0 Å². The highest BCUT2D eigenvalue weighted by atomic mass is 16.1. The Morgan fingerprint density at radius 3 is 1.89 bits per heavy atom. The number of rotatable bonds is 2. The van der Waals surface area contributed by atoms with E-state index in [1.807, 2.05) is 0 Å². The van der Waals surface area contributed by atoms with E-state index in [1.54, 1.807) is 6.92 Å². The summed E-state index contributed by atoms with van der Waals surface area (Å²) in [6.45, 7) is 13.2. The first-order valence-corrected chi connectivity index (χ1v) is 7.56. The van der Waals surface area contributed by atoms with Crippen LogP contribution in [0.3, 0.4) is 0 Å². The molecule has 0 aromatic heterocycles. The molecule has 104 valence electrons. The number of fused-ring (bicyclic) bond motifs is 1. The Labute approximate surface area is 117 Å². The number of hydrogen-bond acceptors (Lipinski definition) is 1. The van der Waals surface area contributed by atoms with E-state index in [1.165, 1.54) is 16.7 Å². The maximum atomic E-state index is 11.8. The van der Waals surface area contributed by atoms with E-state index in [9.17, 15) is 4.79 Å². The minimum Gasteiger partial charge on any atom is -0.295 e. The fourth-order valence-corrected chi connectivity index (χ4v) is 3.57. The van der Waals surface area contributed by atoms with Crippen molar-refractivity contribution in [1.29, 1.82) is 0 Å². The van der Waals surface area contributed by atoms with Crippen LogP contribution in [-0.2, 0) is 6.42 Å². The largest absolute Gasteiger partial charge is 0.295 e. The third-order valence-electron chi connectivity index (χ3n) is 5.46. The molecule has 1 aliphatic rings. The summed E-state index contributed by atoms with van der Waals surface area (Å²) in [5.41, 5.74) is 5.02. The summed E-state index contributed by atoms with van der Waals surface area (Å²) < 4.78 is 0. The van der Waals surface area contributed by atoms with Crippen LogP contribution in [-0.4, -0.2) is 5.78 Å². The van der Waals surface area contributed by atoms with Crippen molar-refractivity contribution in [2.24, 2.45) is 11.8 Å². The number of ketones is 1. The maximum absolute atomic E-state index is 11.8. The van der Waals surface area contributed by atoms with Gasteiger partial charge in [-0.05, 0) is 59.8 Å². The van der Waals surface area contributed by atoms with Gasteiger partial charge in [0.2, 0.25) is 0 Å². The molecule has 0 bridgehead atoms. The molecule has 4 unspecified atom stereocenters. The van der Waals surface area contributed by atoms with Gasteiger partial charge in [-0.2, -0.15) is 0 Å². The topological polar surface area (TPSA) is 17.1 Å². The van der Waals surface area contributed by atoms with Crippen LogP contribution in [0.2, 0.25) is 0 Å². The van der Waals surface area contributed by atoms with Crippen LogP contribution >= 0.6 is 0 Å². The quantitative estimate of drug-likeness (QED) is 0.686. The zero-order chi connectivity index (χ0) is 14.3. The molecule has 1 heteroatoms. The Balaban J connectivity index is 2.64. The molecule has 1 aliphatic carbocycles. The van der Waals surface area contributed by atoms with Gasteiger partial charge in [0.05, 0.1) is 0 Å². The third-order valence-corrected chi connectivity index (χ3v) is 5.46. The van der Waals surface area contributed by atoms with Crippen LogP contribution in [0.4, 0.5) is 0 Å². The van der Waals surface area contributed by atoms with Crippen LogP contribution in [0.15, 0.2) is 12.1 Å². The number of hydrogen-bond donors (Lipinski definition) is 0. The molecular weight excluding hydrogens is 232 g/mol. The van der Waals surface area contributed by atoms with Crippen LogP contribution in [0.5, 0.6) is 0 Å². The Morgan fingerprint density at radius 2 is 1.47 bits per heavy atom. The molecule has 0 saturated heterocycles. The van der Waals surface area contributed by atoms with Crippen molar-refractivity contribution in [2.75, 3.05) is 0 Å². The van der Waals surface area contributed by atoms with Gasteiger partial charge >= 0.3 is 0 Å². The van der Waals surface area contributed by atoms with E-state index in [4.69, 9.17) is 0 Å². The third kappa shape index (κ3) is 2.24. The molecule has 1 aromatic rings. The van der Waals surface area contributed by atoms with Crippen molar-refractivity contribution in [1.82, 2.24) is 0 Å². The fraction of sp³-hybridized carbons (Fsp3) is 0.611. The van der Waals surface area contributed by atoms with Gasteiger partial charge in [-0.25, -0.2) is 0 Å². The van der Waals surface area contributed by atoms with E-state index < -0.39 is 0 Å². The summed E-state index contributed by atoms with van der Waals surface area (Å²) in [4.78, 5) is 11.8. The van der Waals surface area contributed by atoms with Crippen molar-refractivity contribution < 1.29 is 4.79 Å². The van der Waals surface area contributed by atoms with Gasteiger partial charge in [0.1, 0.15) is 0 Å². The van der Waals surface area contributed by atoms with Gasteiger partial charge in [-0.3, -0.25) is 4.79 Å². The van der Waals surface area contributed by atoms with E-state index in [0.29, 0.717) is 23.7 Å². The molecule has 1 nitrogen and oxygen atoms in total. The second kappa shape index (κ2) is 5.11. The lowest BCUT2D eigenvalue weighted by Gasteiger charge is -2.39. The average molecular weight is 258 g/mol. The molecule has 0 fully saturated rings. The number of carbonyl (C=O) groups is 1. The molecule has 0 radical (unpaired) electrons. The Morgan fingerprint density at radius 1 is 1.00 bits per heavy atom. The van der Waals surface area contributed by atoms with Gasteiger partial charge in [-0.1, -0.05) is 40.7 Å². The number of carbonyl (C=O) groups excluding carboxylic acids is 1. The van der Waals surface area contributed by atoms with Crippen LogP contribution in [0.1, 0.15) is 80.4 Å². The molecule has 0 saturated carbocycles. The molecule has 0 amide bonds. The van der Waals surface area contributed by atoms with Gasteiger partial charge in [0, 0.05) is 5.56 Å². The lowest BCUT2D eigenvalue weighted by Crippen LogP contribution is -2.28. The molecule has 4 atom stereocenters. The zero-order valence-electron chi connectivity index (χ0n) is 13.1.